The lowest BCUT2D eigenvalue weighted by Crippen LogP contribution is -2.42. The number of aliphatic hydroxyl groups is 1. The minimum atomic E-state index is -1.60. The molecule has 0 heterocycles. The van der Waals surface area contributed by atoms with Gasteiger partial charge in [0.15, 0.2) is 0 Å². The zero-order valence-corrected chi connectivity index (χ0v) is 13.3. The van der Waals surface area contributed by atoms with E-state index in [1.54, 1.807) is 0 Å². The van der Waals surface area contributed by atoms with Crippen LogP contribution in [-0.2, 0) is 0 Å². The van der Waals surface area contributed by atoms with E-state index in [1.807, 2.05) is 0 Å². The minimum absolute atomic E-state index is 0.278. The van der Waals surface area contributed by atoms with Crippen LogP contribution in [0.2, 0.25) is 19.1 Å². The van der Waals surface area contributed by atoms with Gasteiger partial charge in [-0.3, -0.25) is 0 Å². The largest absolute Gasteiger partial charge is 0.397 e. The van der Waals surface area contributed by atoms with E-state index in [4.69, 9.17) is 0 Å². The van der Waals surface area contributed by atoms with Crippen LogP contribution in [0.3, 0.4) is 0 Å². The van der Waals surface area contributed by atoms with E-state index in [1.165, 1.54) is 21.6 Å². The van der Waals surface area contributed by atoms with E-state index in [0.29, 0.717) is 0 Å². The highest BCUT2D eigenvalue weighted by Crippen LogP contribution is 2.26. The summed E-state index contributed by atoms with van der Waals surface area (Å²) in [6, 6.07) is 13.9. The molecule has 0 aliphatic heterocycles. The quantitative estimate of drug-likeness (QED) is 0.866. The van der Waals surface area contributed by atoms with Gasteiger partial charge in [0.25, 0.3) is 0 Å². The maximum Gasteiger partial charge on any atom is 0.0837 e. The van der Waals surface area contributed by atoms with Gasteiger partial charge in [0, 0.05) is 31.8 Å². The Labute approximate surface area is 116 Å². The van der Waals surface area contributed by atoms with Crippen LogP contribution in [0, 0.1) is 0 Å². The fraction of sp³-hybridized carbons (Fsp3) is 0.375. The molecular formula is C16H23NOSi. The molecule has 0 aromatic heterocycles. The fourth-order valence-electron chi connectivity index (χ4n) is 2.67. The van der Waals surface area contributed by atoms with Gasteiger partial charge >= 0.3 is 0 Å². The molecule has 0 radical (unpaired) electrons. The molecule has 0 spiro atoms. The normalized spacial score (nSPS) is 11.8. The van der Waals surface area contributed by atoms with Gasteiger partial charge in [0.05, 0.1) is 8.07 Å². The SMILES string of the molecule is CN(C)c1cccc2cccc([Si](C)(C)CCO)c12. The molecule has 19 heavy (non-hydrogen) atoms. The van der Waals surface area contributed by atoms with Crippen molar-refractivity contribution in [2.24, 2.45) is 0 Å². The predicted octanol–water partition coefficient (Wildman–Crippen LogP) is 2.81. The van der Waals surface area contributed by atoms with Crippen molar-refractivity contribution in [3.05, 3.63) is 36.4 Å². The summed E-state index contributed by atoms with van der Waals surface area (Å²) in [6.07, 6.45) is 0. The monoisotopic (exact) mass is 273 g/mol. The van der Waals surface area contributed by atoms with Gasteiger partial charge in [0.1, 0.15) is 0 Å². The van der Waals surface area contributed by atoms with Gasteiger partial charge in [-0.05, 0) is 22.7 Å². The minimum Gasteiger partial charge on any atom is -0.397 e. The van der Waals surface area contributed by atoms with Crippen LogP contribution in [0.15, 0.2) is 36.4 Å². The van der Waals surface area contributed by atoms with Crippen molar-refractivity contribution in [3.63, 3.8) is 0 Å². The number of aliphatic hydroxyl groups excluding tert-OH is 1. The van der Waals surface area contributed by atoms with E-state index in [9.17, 15) is 5.11 Å². The molecule has 2 aromatic carbocycles. The zero-order valence-electron chi connectivity index (χ0n) is 12.3. The Hall–Kier alpha value is -1.32. The number of hydrogen-bond donors (Lipinski definition) is 1. The summed E-state index contributed by atoms with van der Waals surface area (Å²) in [5, 5.41) is 13.4. The van der Waals surface area contributed by atoms with E-state index < -0.39 is 8.07 Å². The van der Waals surface area contributed by atoms with Crippen molar-refractivity contribution in [2.45, 2.75) is 19.1 Å². The Morgan fingerprint density at radius 2 is 1.68 bits per heavy atom. The molecule has 0 atom stereocenters. The maximum absolute atomic E-state index is 9.34. The zero-order chi connectivity index (χ0) is 14.0. The van der Waals surface area contributed by atoms with Crippen LogP contribution in [-0.4, -0.2) is 33.9 Å². The van der Waals surface area contributed by atoms with Crippen LogP contribution in [0.1, 0.15) is 0 Å². The van der Waals surface area contributed by atoms with Gasteiger partial charge in [-0.15, -0.1) is 0 Å². The smallest absolute Gasteiger partial charge is 0.0837 e. The van der Waals surface area contributed by atoms with E-state index in [2.05, 4.69) is 68.5 Å². The molecule has 0 fully saturated rings. The summed E-state index contributed by atoms with van der Waals surface area (Å²) in [5.41, 5.74) is 1.27. The molecule has 0 aliphatic rings. The highest BCUT2D eigenvalue weighted by Gasteiger charge is 2.25. The van der Waals surface area contributed by atoms with Crippen molar-refractivity contribution in [1.82, 2.24) is 0 Å². The van der Waals surface area contributed by atoms with Crippen molar-refractivity contribution >= 4 is 29.7 Å². The molecule has 2 nitrogen and oxygen atoms in total. The standard InChI is InChI=1S/C16H23NOSi/c1-17(2)14-9-5-7-13-8-6-10-15(16(13)14)19(3,4)12-11-18/h5-10,18H,11-12H2,1-4H3. The van der Waals surface area contributed by atoms with Crippen molar-refractivity contribution in [3.8, 4) is 0 Å². The molecule has 0 amide bonds. The Morgan fingerprint density at radius 3 is 2.26 bits per heavy atom. The highest BCUT2D eigenvalue weighted by atomic mass is 28.3. The maximum atomic E-state index is 9.34. The fourth-order valence-corrected chi connectivity index (χ4v) is 5.00. The number of nitrogens with zero attached hydrogens (tertiary/aromatic N) is 1. The molecule has 3 heteroatoms. The van der Waals surface area contributed by atoms with Crippen LogP contribution >= 0.6 is 0 Å². The van der Waals surface area contributed by atoms with Crippen LogP contribution in [0.4, 0.5) is 5.69 Å². The summed E-state index contributed by atoms with van der Waals surface area (Å²) < 4.78 is 0. The Balaban J connectivity index is 2.74. The molecule has 0 unspecified atom stereocenters. The third kappa shape index (κ3) is 2.67. The second-order valence-electron chi connectivity index (χ2n) is 5.93. The number of fused-ring (bicyclic) bond motifs is 1. The first kappa shape index (κ1) is 14.1. The number of hydrogen-bond acceptors (Lipinski definition) is 2. The molecule has 0 saturated carbocycles. The first-order valence-corrected chi connectivity index (χ1v) is 9.98. The molecule has 0 bridgehead atoms. The third-order valence-electron chi connectivity index (χ3n) is 3.83. The topological polar surface area (TPSA) is 23.5 Å². The summed E-state index contributed by atoms with van der Waals surface area (Å²) in [6.45, 7) is 4.95. The Morgan fingerprint density at radius 1 is 1.05 bits per heavy atom. The second-order valence-corrected chi connectivity index (χ2v) is 10.7. The molecule has 102 valence electrons. The van der Waals surface area contributed by atoms with Crippen molar-refractivity contribution in [2.75, 3.05) is 25.6 Å². The van der Waals surface area contributed by atoms with Gasteiger partial charge in [-0.1, -0.05) is 43.4 Å². The summed E-state index contributed by atoms with van der Waals surface area (Å²) in [4.78, 5) is 2.18. The number of benzene rings is 2. The summed E-state index contributed by atoms with van der Waals surface area (Å²) in [7, 11) is 2.58. The van der Waals surface area contributed by atoms with Gasteiger partial charge in [-0.2, -0.15) is 0 Å². The van der Waals surface area contributed by atoms with Gasteiger partial charge in [0.2, 0.25) is 0 Å². The van der Waals surface area contributed by atoms with E-state index in [0.717, 1.165) is 6.04 Å². The average molecular weight is 273 g/mol. The van der Waals surface area contributed by atoms with E-state index >= 15 is 0 Å². The lowest BCUT2D eigenvalue weighted by molar-refractivity contribution is 0.317. The summed E-state index contributed by atoms with van der Waals surface area (Å²) in [5.74, 6) is 0. The van der Waals surface area contributed by atoms with Crippen LogP contribution < -0.4 is 10.1 Å². The first-order chi connectivity index (χ1) is 8.97. The first-order valence-electron chi connectivity index (χ1n) is 6.78. The van der Waals surface area contributed by atoms with Gasteiger partial charge in [-0.25, -0.2) is 0 Å². The molecule has 2 rings (SSSR count). The second kappa shape index (κ2) is 5.35. The highest BCUT2D eigenvalue weighted by molar-refractivity contribution is 6.91. The lowest BCUT2D eigenvalue weighted by Gasteiger charge is -2.26. The predicted molar refractivity (Wildman–Crippen MR) is 87.3 cm³/mol. The van der Waals surface area contributed by atoms with E-state index in [-0.39, 0.29) is 6.61 Å². The number of anilines is 1. The van der Waals surface area contributed by atoms with Crippen molar-refractivity contribution < 1.29 is 5.11 Å². The molecule has 0 saturated heterocycles. The molecular weight excluding hydrogens is 250 g/mol. The van der Waals surface area contributed by atoms with Gasteiger partial charge < -0.3 is 10.0 Å². The Kier molecular flexibility index (Phi) is 3.97. The third-order valence-corrected chi connectivity index (χ3v) is 7.18. The summed E-state index contributed by atoms with van der Waals surface area (Å²) >= 11 is 0. The number of rotatable bonds is 4. The van der Waals surface area contributed by atoms with Crippen LogP contribution in [0.5, 0.6) is 0 Å². The van der Waals surface area contributed by atoms with Crippen LogP contribution in [0.25, 0.3) is 10.8 Å². The lowest BCUT2D eigenvalue weighted by atomic mass is 10.1. The Bertz CT molecular complexity index is 573. The molecule has 2 aromatic rings. The molecule has 1 N–H and O–H groups in total. The molecule has 0 aliphatic carbocycles. The average Bonchev–Trinajstić information content (AvgIpc) is 2.37. The van der Waals surface area contributed by atoms with Crippen molar-refractivity contribution in [1.29, 1.82) is 0 Å².